The number of hydrogen-bond donors (Lipinski definition) is 2. The first kappa shape index (κ1) is 13.4. The van der Waals surface area contributed by atoms with Gasteiger partial charge in [0.15, 0.2) is 0 Å². The molecule has 0 aliphatic heterocycles. The van der Waals surface area contributed by atoms with Crippen LogP contribution in [0.3, 0.4) is 0 Å². The van der Waals surface area contributed by atoms with Crippen molar-refractivity contribution in [3.05, 3.63) is 46.0 Å². The predicted octanol–water partition coefficient (Wildman–Crippen LogP) is 2.01. The number of nitrogens with one attached hydrogen (secondary N) is 1. The van der Waals surface area contributed by atoms with Gasteiger partial charge in [0.25, 0.3) is 5.91 Å². The van der Waals surface area contributed by atoms with Crippen LogP contribution >= 0.6 is 11.3 Å². The lowest BCUT2D eigenvalue weighted by Crippen LogP contribution is -2.22. The highest BCUT2D eigenvalue weighted by Gasteiger charge is 2.11. The zero-order valence-corrected chi connectivity index (χ0v) is 11.0. The Balaban J connectivity index is 1.99. The molecular formula is C14H13NO3S. The first-order valence-electron chi connectivity index (χ1n) is 5.77. The van der Waals surface area contributed by atoms with Crippen molar-refractivity contribution < 1.29 is 14.3 Å². The van der Waals surface area contributed by atoms with E-state index in [1.165, 1.54) is 11.3 Å². The van der Waals surface area contributed by atoms with Crippen molar-refractivity contribution >= 4 is 17.2 Å². The Labute approximate surface area is 115 Å². The third kappa shape index (κ3) is 3.71. The second kappa shape index (κ2) is 6.78. The molecule has 0 unspecified atom stereocenters. The van der Waals surface area contributed by atoms with Gasteiger partial charge in [0.1, 0.15) is 4.88 Å². The monoisotopic (exact) mass is 275 g/mol. The van der Waals surface area contributed by atoms with Gasteiger partial charge in [-0.25, -0.2) is 0 Å². The molecule has 2 heterocycles. The summed E-state index contributed by atoms with van der Waals surface area (Å²) in [5.74, 6) is 5.55. The van der Waals surface area contributed by atoms with Crippen molar-refractivity contribution in [2.24, 2.45) is 0 Å². The smallest absolute Gasteiger partial charge is 0.262 e. The Morgan fingerprint density at radius 2 is 2.37 bits per heavy atom. The summed E-state index contributed by atoms with van der Waals surface area (Å²) in [6.07, 6.45) is 3.57. The molecule has 4 nitrogen and oxygen atoms in total. The van der Waals surface area contributed by atoms with Crippen LogP contribution in [0.15, 0.2) is 34.5 Å². The van der Waals surface area contributed by atoms with E-state index in [9.17, 15) is 4.79 Å². The molecule has 0 bridgehead atoms. The lowest BCUT2D eigenvalue weighted by molar-refractivity contribution is 0.0954. The molecule has 0 radical (unpaired) electrons. The van der Waals surface area contributed by atoms with Crippen LogP contribution in [0.1, 0.15) is 27.2 Å². The van der Waals surface area contributed by atoms with Crippen molar-refractivity contribution in [1.82, 2.24) is 5.32 Å². The molecule has 2 aromatic rings. The van der Waals surface area contributed by atoms with E-state index in [1.807, 2.05) is 11.4 Å². The molecule has 2 aromatic heterocycles. The highest BCUT2D eigenvalue weighted by atomic mass is 32.1. The van der Waals surface area contributed by atoms with Crippen molar-refractivity contribution in [1.29, 1.82) is 0 Å². The van der Waals surface area contributed by atoms with Gasteiger partial charge in [0.2, 0.25) is 0 Å². The molecule has 98 valence electrons. The summed E-state index contributed by atoms with van der Waals surface area (Å²) < 4.78 is 4.93. The van der Waals surface area contributed by atoms with Crippen LogP contribution in [0, 0.1) is 11.8 Å². The minimum absolute atomic E-state index is 0.0269. The molecule has 1 amide bonds. The number of carbonyl (C=O) groups is 1. The summed E-state index contributed by atoms with van der Waals surface area (Å²) in [6, 6.07) is 3.61. The van der Waals surface area contributed by atoms with Gasteiger partial charge in [-0.05, 0) is 17.5 Å². The fraction of sp³-hybridized carbons (Fsp3) is 0.214. The molecule has 5 heteroatoms. The Hall–Kier alpha value is -2.03. The number of furan rings is 1. The molecule has 0 saturated heterocycles. The van der Waals surface area contributed by atoms with Gasteiger partial charge in [-0.2, -0.15) is 0 Å². The second-order valence-electron chi connectivity index (χ2n) is 3.75. The Kier molecular flexibility index (Phi) is 4.78. The van der Waals surface area contributed by atoms with E-state index in [1.54, 1.807) is 18.6 Å². The Morgan fingerprint density at radius 1 is 1.47 bits per heavy atom. The van der Waals surface area contributed by atoms with Gasteiger partial charge in [0, 0.05) is 24.1 Å². The standard InChI is InChI=1S/C14H13NO3S/c16-6-2-1-3-12-5-8-19-13(12)14(17)15-9-11-4-7-18-10-11/h4-5,7-8,10,16H,2,6,9H2,(H,15,17). The van der Waals surface area contributed by atoms with Gasteiger partial charge in [-0.3, -0.25) is 4.79 Å². The molecule has 0 saturated carbocycles. The molecule has 2 N–H and O–H groups in total. The normalized spacial score (nSPS) is 9.74. The maximum absolute atomic E-state index is 12.0. The van der Waals surface area contributed by atoms with E-state index in [-0.39, 0.29) is 12.5 Å². The summed E-state index contributed by atoms with van der Waals surface area (Å²) in [4.78, 5) is 12.6. The number of carbonyl (C=O) groups excluding carboxylic acids is 1. The van der Waals surface area contributed by atoms with Crippen LogP contribution in [-0.2, 0) is 6.54 Å². The van der Waals surface area contributed by atoms with Crippen LogP contribution in [0.4, 0.5) is 0 Å². The topological polar surface area (TPSA) is 62.5 Å². The molecule has 0 atom stereocenters. The Morgan fingerprint density at radius 3 is 3.11 bits per heavy atom. The predicted molar refractivity (Wildman–Crippen MR) is 72.8 cm³/mol. The van der Waals surface area contributed by atoms with Crippen LogP contribution in [0.25, 0.3) is 0 Å². The first-order valence-corrected chi connectivity index (χ1v) is 6.65. The zero-order chi connectivity index (χ0) is 13.5. The van der Waals surface area contributed by atoms with E-state index in [0.29, 0.717) is 23.4 Å². The van der Waals surface area contributed by atoms with E-state index >= 15 is 0 Å². The SMILES string of the molecule is O=C(NCc1ccoc1)c1sccc1C#CCCO. The van der Waals surface area contributed by atoms with Gasteiger partial charge >= 0.3 is 0 Å². The number of aliphatic hydroxyl groups is 1. The van der Waals surface area contributed by atoms with E-state index in [4.69, 9.17) is 9.52 Å². The minimum Gasteiger partial charge on any atom is -0.472 e. The van der Waals surface area contributed by atoms with E-state index in [2.05, 4.69) is 17.2 Å². The number of thiophene rings is 1. The second-order valence-corrected chi connectivity index (χ2v) is 4.67. The van der Waals surface area contributed by atoms with Gasteiger partial charge in [-0.1, -0.05) is 11.8 Å². The average Bonchev–Trinajstić information content (AvgIpc) is 3.07. The van der Waals surface area contributed by atoms with E-state index in [0.717, 1.165) is 5.56 Å². The summed E-state index contributed by atoms with van der Waals surface area (Å²) in [6.45, 7) is 0.454. The number of hydrogen-bond acceptors (Lipinski definition) is 4. The van der Waals surface area contributed by atoms with Crippen LogP contribution in [-0.4, -0.2) is 17.6 Å². The summed E-state index contributed by atoms with van der Waals surface area (Å²) in [5.41, 5.74) is 1.61. The van der Waals surface area contributed by atoms with Crippen molar-refractivity contribution in [2.45, 2.75) is 13.0 Å². The number of amides is 1. The molecular weight excluding hydrogens is 262 g/mol. The fourth-order valence-electron chi connectivity index (χ4n) is 1.45. The molecule has 0 aliphatic carbocycles. The third-order valence-electron chi connectivity index (χ3n) is 2.36. The first-order chi connectivity index (χ1) is 9.31. The highest BCUT2D eigenvalue weighted by Crippen LogP contribution is 2.16. The number of aliphatic hydroxyl groups excluding tert-OH is 1. The van der Waals surface area contributed by atoms with Gasteiger partial charge in [-0.15, -0.1) is 11.3 Å². The largest absolute Gasteiger partial charge is 0.472 e. The fourth-order valence-corrected chi connectivity index (χ4v) is 2.22. The Bertz CT molecular complexity index is 590. The minimum atomic E-state index is -0.149. The van der Waals surface area contributed by atoms with Crippen LogP contribution < -0.4 is 5.32 Å². The van der Waals surface area contributed by atoms with Gasteiger partial charge < -0.3 is 14.8 Å². The maximum atomic E-state index is 12.0. The van der Waals surface area contributed by atoms with E-state index < -0.39 is 0 Å². The molecule has 0 fully saturated rings. The van der Waals surface area contributed by atoms with Crippen molar-refractivity contribution in [2.75, 3.05) is 6.61 Å². The summed E-state index contributed by atoms with van der Waals surface area (Å²) in [7, 11) is 0. The zero-order valence-electron chi connectivity index (χ0n) is 10.2. The number of rotatable bonds is 4. The van der Waals surface area contributed by atoms with Crippen LogP contribution in [0.2, 0.25) is 0 Å². The molecule has 19 heavy (non-hydrogen) atoms. The third-order valence-corrected chi connectivity index (χ3v) is 3.28. The maximum Gasteiger partial charge on any atom is 0.262 e. The van der Waals surface area contributed by atoms with Crippen molar-refractivity contribution in [3.63, 3.8) is 0 Å². The lowest BCUT2D eigenvalue weighted by Gasteiger charge is -2.01. The van der Waals surface area contributed by atoms with Gasteiger partial charge in [0.05, 0.1) is 19.1 Å². The summed E-state index contributed by atoms with van der Waals surface area (Å²) in [5, 5.41) is 13.3. The highest BCUT2D eigenvalue weighted by molar-refractivity contribution is 7.12. The quantitative estimate of drug-likeness (QED) is 0.839. The molecule has 0 aromatic carbocycles. The van der Waals surface area contributed by atoms with Crippen molar-refractivity contribution in [3.8, 4) is 11.8 Å². The molecule has 2 rings (SSSR count). The lowest BCUT2D eigenvalue weighted by atomic mass is 10.2. The van der Waals surface area contributed by atoms with Crippen LogP contribution in [0.5, 0.6) is 0 Å². The molecule has 0 aliphatic rings. The molecule has 0 spiro atoms. The average molecular weight is 275 g/mol. The summed E-state index contributed by atoms with van der Waals surface area (Å²) >= 11 is 1.35.